The SMILES string of the molecule is CCCN(C(=O)c1c(OS(=O)(=O)C2CC2)c(-c2ccccc2)nc2ccccc12)c1ccccc1. The second-order valence-corrected chi connectivity index (χ2v) is 10.4. The molecule has 0 atom stereocenters. The van der Waals surface area contributed by atoms with E-state index < -0.39 is 15.4 Å². The van der Waals surface area contributed by atoms with E-state index in [-0.39, 0.29) is 17.2 Å². The maximum absolute atomic E-state index is 14.2. The molecule has 4 aromatic rings. The van der Waals surface area contributed by atoms with Crippen LogP contribution >= 0.6 is 0 Å². The third kappa shape index (κ3) is 4.64. The van der Waals surface area contributed by atoms with Crippen molar-refractivity contribution in [2.75, 3.05) is 11.4 Å². The average molecular weight is 487 g/mol. The molecule has 0 aliphatic heterocycles. The molecule has 0 radical (unpaired) electrons. The Labute approximate surface area is 205 Å². The molecule has 0 bridgehead atoms. The van der Waals surface area contributed by atoms with Gasteiger partial charge in [0.15, 0.2) is 5.75 Å². The predicted molar refractivity (Wildman–Crippen MR) is 138 cm³/mol. The Balaban J connectivity index is 1.79. The van der Waals surface area contributed by atoms with Crippen LogP contribution in [0.3, 0.4) is 0 Å². The fraction of sp³-hybridized carbons (Fsp3) is 0.214. The summed E-state index contributed by atoms with van der Waals surface area (Å²) in [5.41, 5.74) is 2.54. The summed E-state index contributed by atoms with van der Waals surface area (Å²) in [6.45, 7) is 2.47. The van der Waals surface area contributed by atoms with Crippen molar-refractivity contribution in [3.8, 4) is 17.0 Å². The van der Waals surface area contributed by atoms with Crippen molar-refractivity contribution in [3.63, 3.8) is 0 Å². The van der Waals surface area contributed by atoms with E-state index in [0.29, 0.717) is 41.5 Å². The Morgan fingerprint density at radius 2 is 1.57 bits per heavy atom. The Morgan fingerprint density at radius 3 is 2.23 bits per heavy atom. The fourth-order valence-corrected chi connectivity index (χ4v) is 5.38. The van der Waals surface area contributed by atoms with Crippen LogP contribution in [0.4, 0.5) is 5.69 Å². The van der Waals surface area contributed by atoms with E-state index in [4.69, 9.17) is 9.17 Å². The van der Waals surface area contributed by atoms with Gasteiger partial charge in [-0.05, 0) is 37.5 Å². The number of fused-ring (bicyclic) bond motifs is 1. The highest BCUT2D eigenvalue weighted by Gasteiger charge is 2.40. The van der Waals surface area contributed by atoms with Gasteiger partial charge in [-0.1, -0.05) is 73.7 Å². The summed E-state index contributed by atoms with van der Waals surface area (Å²) in [5, 5.41) is -0.00312. The van der Waals surface area contributed by atoms with Gasteiger partial charge in [-0.25, -0.2) is 4.98 Å². The maximum atomic E-state index is 14.2. The van der Waals surface area contributed by atoms with Gasteiger partial charge in [0.1, 0.15) is 5.69 Å². The third-order valence-corrected chi connectivity index (χ3v) is 7.69. The first kappa shape index (κ1) is 23.1. The fourth-order valence-electron chi connectivity index (χ4n) is 4.13. The van der Waals surface area contributed by atoms with E-state index in [1.54, 1.807) is 11.0 Å². The van der Waals surface area contributed by atoms with Gasteiger partial charge >= 0.3 is 10.1 Å². The molecule has 5 rings (SSSR count). The normalized spacial score (nSPS) is 13.5. The minimum Gasteiger partial charge on any atom is -0.379 e. The van der Waals surface area contributed by atoms with Crippen LogP contribution in [0.5, 0.6) is 5.75 Å². The van der Waals surface area contributed by atoms with Crippen molar-refractivity contribution in [1.29, 1.82) is 0 Å². The number of pyridine rings is 1. The Bertz CT molecular complexity index is 1470. The van der Waals surface area contributed by atoms with E-state index in [0.717, 1.165) is 12.1 Å². The number of hydrogen-bond acceptors (Lipinski definition) is 5. The number of para-hydroxylation sites is 2. The molecule has 3 aromatic carbocycles. The number of nitrogens with zero attached hydrogens (tertiary/aromatic N) is 2. The smallest absolute Gasteiger partial charge is 0.312 e. The summed E-state index contributed by atoms with van der Waals surface area (Å²) in [4.78, 5) is 20.7. The van der Waals surface area contributed by atoms with Crippen molar-refractivity contribution in [3.05, 3.63) is 90.5 Å². The van der Waals surface area contributed by atoms with Crippen LogP contribution < -0.4 is 9.08 Å². The molecular formula is C28H26N2O4S. The molecule has 7 heteroatoms. The molecule has 1 fully saturated rings. The maximum Gasteiger partial charge on any atom is 0.312 e. The summed E-state index contributed by atoms with van der Waals surface area (Å²) < 4.78 is 31.9. The van der Waals surface area contributed by atoms with E-state index in [2.05, 4.69) is 0 Å². The van der Waals surface area contributed by atoms with Gasteiger partial charge in [0.2, 0.25) is 0 Å². The molecule has 35 heavy (non-hydrogen) atoms. The molecule has 0 saturated heterocycles. The van der Waals surface area contributed by atoms with E-state index >= 15 is 0 Å². The minimum atomic E-state index is -3.91. The number of carbonyl (C=O) groups excluding carboxylic acids is 1. The highest BCUT2D eigenvalue weighted by atomic mass is 32.2. The average Bonchev–Trinajstić information content (AvgIpc) is 3.74. The molecular weight excluding hydrogens is 460 g/mol. The lowest BCUT2D eigenvalue weighted by Crippen LogP contribution is -2.32. The number of hydrogen-bond donors (Lipinski definition) is 0. The first-order valence-corrected chi connectivity index (χ1v) is 13.2. The predicted octanol–water partition coefficient (Wildman–Crippen LogP) is 5.83. The molecule has 6 nitrogen and oxygen atoms in total. The molecule has 1 aliphatic rings. The molecule has 0 N–H and O–H groups in total. The standard InChI is InChI=1S/C28H26N2O4S/c1-2-19-30(21-13-7-4-8-14-21)28(31)25-23-15-9-10-16-24(23)29-26(20-11-5-3-6-12-20)27(25)34-35(32,33)22-17-18-22/h3-16,22H,2,17-19H2,1H3. The summed E-state index contributed by atoms with van der Waals surface area (Å²) in [6, 6.07) is 25.9. The number of benzene rings is 3. The van der Waals surface area contributed by atoms with Crippen molar-refractivity contribution < 1.29 is 17.4 Å². The molecule has 178 valence electrons. The lowest BCUT2D eigenvalue weighted by atomic mass is 10.0. The number of amides is 1. The van der Waals surface area contributed by atoms with Gasteiger partial charge in [0.25, 0.3) is 5.91 Å². The van der Waals surface area contributed by atoms with E-state index in [1.165, 1.54) is 0 Å². The largest absolute Gasteiger partial charge is 0.379 e. The Hall–Kier alpha value is -3.71. The topological polar surface area (TPSA) is 76.6 Å². The van der Waals surface area contributed by atoms with E-state index in [1.807, 2.05) is 85.8 Å². The van der Waals surface area contributed by atoms with Crippen LogP contribution in [0.25, 0.3) is 22.2 Å². The van der Waals surface area contributed by atoms with Crippen LogP contribution in [0, 0.1) is 0 Å². The molecule has 1 amide bonds. The lowest BCUT2D eigenvalue weighted by Gasteiger charge is -2.25. The number of aromatic nitrogens is 1. The number of carbonyl (C=O) groups is 1. The molecule has 1 aromatic heterocycles. The third-order valence-electron chi connectivity index (χ3n) is 6.00. The van der Waals surface area contributed by atoms with Gasteiger partial charge in [-0.15, -0.1) is 0 Å². The zero-order chi connectivity index (χ0) is 24.4. The first-order valence-electron chi connectivity index (χ1n) is 11.8. The molecule has 0 unspecified atom stereocenters. The second-order valence-electron chi connectivity index (χ2n) is 8.62. The summed E-state index contributed by atoms with van der Waals surface area (Å²) in [5.74, 6) is -0.335. The molecule has 1 aliphatic carbocycles. The molecule has 1 saturated carbocycles. The van der Waals surface area contributed by atoms with Gasteiger partial charge in [0.05, 0.1) is 16.3 Å². The molecule has 0 spiro atoms. The summed E-state index contributed by atoms with van der Waals surface area (Å²) in [6.07, 6.45) is 1.84. The summed E-state index contributed by atoms with van der Waals surface area (Å²) in [7, 11) is -3.91. The van der Waals surface area contributed by atoms with Crippen molar-refractivity contribution in [2.24, 2.45) is 0 Å². The van der Waals surface area contributed by atoms with Crippen LogP contribution in [-0.4, -0.2) is 31.1 Å². The number of anilines is 1. The molecule has 1 heterocycles. The zero-order valence-corrected chi connectivity index (χ0v) is 20.2. The monoisotopic (exact) mass is 486 g/mol. The van der Waals surface area contributed by atoms with Crippen LogP contribution in [0.1, 0.15) is 36.5 Å². The van der Waals surface area contributed by atoms with Crippen molar-refractivity contribution in [2.45, 2.75) is 31.4 Å². The van der Waals surface area contributed by atoms with Crippen molar-refractivity contribution >= 4 is 32.6 Å². The highest BCUT2D eigenvalue weighted by Crippen LogP contribution is 2.41. The van der Waals surface area contributed by atoms with Gasteiger partial charge < -0.3 is 9.08 Å². The Kier molecular flexibility index (Phi) is 6.26. The minimum absolute atomic E-state index is 0.0103. The number of rotatable bonds is 8. The van der Waals surface area contributed by atoms with E-state index in [9.17, 15) is 13.2 Å². The van der Waals surface area contributed by atoms with Crippen LogP contribution in [0.2, 0.25) is 0 Å². The quantitative estimate of drug-likeness (QED) is 0.293. The van der Waals surface area contributed by atoms with Crippen LogP contribution in [-0.2, 0) is 10.1 Å². The van der Waals surface area contributed by atoms with Gasteiger partial charge in [-0.3, -0.25) is 4.79 Å². The lowest BCUT2D eigenvalue weighted by molar-refractivity contribution is 0.0987. The van der Waals surface area contributed by atoms with Gasteiger partial charge in [-0.2, -0.15) is 8.42 Å². The second kappa shape index (κ2) is 9.50. The zero-order valence-electron chi connectivity index (χ0n) is 19.4. The first-order chi connectivity index (χ1) is 17.0. The summed E-state index contributed by atoms with van der Waals surface area (Å²) >= 11 is 0. The van der Waals surface area contributed by atoms with Crippen LogP contribution in [0.15, 0.2) is 84.9 Å². The Morgan fingerprint density at radius 1 is 0.943 bits per heavy atom. The van der Waals surface area contributed by atoms with Crippen molar-refractivity contribution in [1.82, 2.24) is 4.98 Å². The highest BCUT2D eigenvalue weighted by molar-refractivity contribution is 7.88. The van der Waals surface area contributed by atoms with Gasteiger partial charge in [0, 0.05) is 23.2 Å².